The highest BCUT2D eigenvalue weighted by molar-refractivity contribution is 5.85. The van der Waals surface area contributed by atoms with E-state index >= 15 is 0 Å². The summed E-state index contributed by atoms with van der Waals surface area (Å²) in [5.74, 6) is 0. The van der Waals surface area contributed by atoms with E-state index in [4.69, 9.17) is 10.5 Å². The number of amides is 1. The number of hydrogen-bond donors (Lipinski definition) is 1. The molecule has 0 aromatic heterocycles. The first-order valence-electron chi connectivity index (χ1n) is 6.56. The molecule has 2 fully saturated rings. The molecule has 1 spiro atoms. The van der Waals surface area contributed by atoms with Gasteiger partial charge in [-0.1, -0.05) is 0 Å². The SMILES string of the molecule is CC(C)(C)OC(=O)N1CCC2(CC[C@@H]2N)CC1.Cl. The molecule has 2 N–H and O–H groups in total. The third-order valence-corrected chi connectivity index (χ3v) is 4.15. The molecule has 1 atom stereocenters. The summed E-state index contributed by atoms with van der Waals surface area (Å²) in [6, 6.07) is 0.350. The lowest BCUT2D eigenvalue weighted by Crippen LogP contribution is -2.57. The topological polar surface area (TPSA) is 55.6 Å². The van der Waals surface area contributed by atoms with Crippen LogP contribution in [0.5, 0.6) is 0 Å². The van der Waals surface area contributed by atoms with Crippen molar-refractivity contribution < 1.29 is 9.53 Å². The molecule has 0 unspecified atom stereocenters. The van der Waals surface area contributed by atoms with Gasteiger partial charge in [-0.15, -0.1) is 12.4 Å². The van der Waals surface area contributed by atoms with E-state index < -0.39 is 5.60 Å². The second-order valence-corrected chi connectivity index (χ2v) is 6.47. The minimum Gasteiger partial charge on any atom is -0.444 e. The molecule has 0 aromatic rings. The molecule has 1 saturated carbocycles. The normalized spacial score (nSPS) is 26.2. The lowest BCUT2D eigenvalue weighted by molar-refractivity contribution is -0.0148. The predicted molar refractivity (Wildman–Crippen MR) is 73.9 cm³/mol. The second kappa shape index (κ2) is 5.25. The molecule has 1 aliphatic carbocycles. The van der Waals surface area contributed by atoms with Gasteiger partial charge in [-0.2, -0.15) is 0 Å². The molecule has 1 heterocycles. The molecule has 1 saturated heterocycles. The molecule has 4 nitrogen and oxygen atoms in total. The Bertz CT molecular complexity index is 307. The molecule has 0 radical (unpaired) electrons. The molecule has 5 heteroatoms. The van der Waals surface area contributed by atoms with Crippen LogP contribution in [0, 0.1) is 5.41 Å². The van der Waals surface area contributed by atoms with Gasteiger partial charge < -0.3 is 15.4 Å². The van der Waals surface area contributed by atoms with Gasteiger partial charge in [0.15, 0.2) is 0 Å². The van der Waals surface area contributed by atoms with Crippen molar-refractivity contribution in [2.24, 2.45) is 11.1 Å². The van der Waals surface area contributed by atoms with Crippen LogP contribution in [0.3, 0.4) is 0 Å². The fourth-order valence-electron chi connectivity index (χ4n) is 2.80. The van der Waals surface area contributed by atoms with Gasteiger partial charge in [0.1, 0.15) is 5.60 Å². The summed E-state index contributed by atoms with van der Waals surface area (Å²) in [4.78, 5) is 13.7. The number of nitrogens with zero attached hydrogens (tertiary/aromatic N) is 1. The largest absolute Gasteiger partial charge is 0.444 e. The van der Waals surface area contributed by atoms with Crippen molar-refractivity contribution >= 4 is 18.5 Å². The molecule has 18 heavy (non-hydrogen) atoms. The fourth-order valence-corrected chi connectivity index (χ4v) is 2.80. The highest BCUT2D eigenvalue weighted by Crippen LogP contribution is 2.48. The third-order valence-electron chi connectivity index (χ3n) is 4.15. The Balaban J connectivity index is 0.00000162. The molecule has 1 aliphatic heterocycles. The number of ether oxygens (including phenoxy) is 1. The van der Waals surface area contributed by atoms with Crippen molar-refractivity contribution in [3.8, 4) is 0 Å². The van der Waals surface area contributed by atoms with Crippen molar-refractivity contribution in [1.29, 1.82) is 0 Å². The minimum atomic E-state index is -0.404. The maximum Gasteiger partial charge on any atom is 0.410 e. The standard InChI is InChI=1S/C13H24N2O2.ClH/c1-12(2,3)17-11(16)15-8-6-13(7-9-15)5-4-10(13)14;/h10H,4-9,14H2,1-3H3;1H/t10-;/m0./s1. The molecule has 0 aromatic carbocycles. The highest BCUT2D eigenvalue weighted by atomic mass is 35.5. The van der Waals surface area contributed by atoms with E-state index in [2.05, 4.69) is 0 Å². The smallest absolute Gasteiger partial charge is 0.410 e. The van der Waals surface area contributed by atoms with Gasteiger partial charge in [0.05, 0.1) is 0 Å². The molecule has 0 bridgehead atoms. The van der Waals surface area contributed by atoms with Crippen LogP contribution in [-0.4, -0.2) is 35.7 Å². The minimum absolute atomic E-state index is 0. The van der Waals surface area contributed by atoms with Crippen LogP contribution in [0.4, 0.5) is 4.79 Å². The summed E-state index contributed by atoms with van der Waals surface area (Å²) in [7, 11) is 0. The number of likely N-dealkylation sites (tertiary alicyclic amines) is 1. The van der Waals surface area contributed by atoms with Crippen LogP contribution in [0.15, 0.2) is 0 Å². The van der Waals surface area contributed by atoms with Crippen molar-refractivity contribution in [2.75, 3.05) is 13.1 Å². The summed E-state index contributed by atoms with van der Waals surface area (Å²) in [6.07, 6.45) is 4.27. The van der Waals surface area contributed by atoms with Gasteiger partial charge in [-0.3, -0.25) is 0 Å². The zero-order valence-corrected chi connectivity index (χ0v) is 12.4. The van der Waals surface area contributed by atoms with Crippen LogP contribution in [0.25, 0.3) is 0 Å². The van der Waals surface area contributed by atoms with E-state index in [1.54, 1.807) is 0 Å². The number of nitrogens with two attached hydrogens (primary N) is 1. The van der Waals surface area contributed by atoms with Gasteiger partial charge in [0, 0.05) is 19.1 Å². The quantitative estimate of drug-likeness (QED) is 0.740. The molecule has 1 amide bonds. The van der Waals surface area contributed by atoms with Gasteiger partial charge in [-0.05, 0) is 51.9 Å². The van der Waals surface area contributed by atoms with E-state index in [0.29, 0.717) is 11.5 Å². The fraction of sp³-hybridized carbons (Fsp3) is 0.923. The first-order chi connectivity index (χ1) is 7.82. The number of hydrogen-bond acceptors (Lipinski definition) is 3. The number of carbonyl (C=O) groups excluding carboxylic acids is 1. The Labute approximate surface area is 116 Å². The Hall–Kier alpha value is -0.480. The summed E-state index contributed by atoms with van der Waals surface area (Å²) in [5.41, 5.74) is 6.00. The Morgan fingerprint density at radius 3 is 2.17 bits per heavy atom. The molecule has 106 valence electrons. The van der Waals surface area contributed by atoms with E-state index in [-0.39, 0.29) is 18.5 Å². The summed E-state index contributed by atoms with van der Waals surface area (Å²) in [5, 5.41) is 0. The molecular weight excluding hydrogens is 252 g/mol. The summed E-state index contributed by atoms with van der Waals surface area (Å²) < 4.78 is 5.38. The third kappa shape index (κ3) is 3.09. The van der Waals surface area contributed by atoms with Crippen LogP contribution < -0.4 is 5.73 Å². The van der Waals surface area contributed by atoms with Crippen LogP contribution >= 0.6 is 12.4 Å². The van der Waals surface area contributed by atoms with Crippen LogP contribution in [0.1, 0.15) is 46.5 Å². The van der Waals surface area contributed by atoms with E-state index in [1.807, 2.05) is 25.7 Å². The maximum absolute atomic E-state index is 11.9. The zero-order valence-electron chi connectivity index (χ0n) is 11.6. The Morgan fingerprint density at radius 1 is 1.28 bits per heavy atom. The highest BCUT2D eigenvalue weighted by Gasteiger charge is 2.47. The van der Waals surface area contributed by atoms with Gasteiger partial charge in [0.25, 0.3) is 0 Å². The van der Waals surface area contributed by atoms with Crippen LogP contribution in [-0.2, 0) is 4.74 Å². The Morgan fingerprint density at radius 2 is 1.83 bits per heavy atom. The van der Waals surface area contributed by atoms with Crippen LogP contribution in [0.2, 0.25) is 0 Å². The Kier molecular flexibility index (Phi) is 4.55. The predicted octanol–water partition coefficient (Wildman–Crippen LogP) is 2.55. The average Bonchev–Trinajstić information content (AvgIpc) is 2.25. The monoisotopic (exact) mass is 276 g/mol. The zero-order chi connectivity index (χ0) is 12.7. The number of piperidine rings is 1. The first-order valence-corrected chi connectivity index (χ1v) is 6.56. The number of halogens is 1. The maximum atomic E-state index is 11.9. The lowest BCUT2D eigenvalue weighted by atomic mass is 9.60. The number of carbonyl (C=O) groups is 1. The summed E-state index contributed by atoms with van der Waals surface area (Å²) in [6.45, 7) is 7.29. The second-order valence-electron chi connectivity index (χ2n) is 6.47. The lowest BCUT2D eigenvalue weighted by Gasteiger charge is -2.52. The first kappa shape index (κ1) is 15.6. The van der Waals surface area contributed by atoms with Gasteiger partial charge in [0.2, 0.25) is 0 Å². The molecular formula is C13H25ClN2O2. The van der Waals surface area contributed by atoms with Crippen molar-refractivity contribution in [2.45, 2.75) is 58.1 Å². The van der Waals surface area contributed by atoms with Crippen molar-refractivity contribution in [1.82, 2.24) is 4.90 Å². The number of rotatable bonds is 0. The average molecular weight is 277 g/mol. The molecule has 2 rings (SSSR count). The van der Waals surface area contributed by atoms with E-state index in [9.17, 15) is 4.79 Å². The van der Waals surface area contributed by atoms with Gasteiger partial charge in [-0.25, -0.2) is 4.79 Å². The van der Waals surface area contributed by atoms with Crippen molar-refractivity contribution in [3.05, 3.63) is 0 Å². The van der Waals surface area contributed by atoms with E-state index in [0.717, 1.165) is 32.4 Å². The van der Waals surface area contributed by atoms with E-state index in [1.165, 1.54) is 6.42 Å². The summed E-state index contributed by atoms with van der Waals surface area (Å²) >= 11 is 0. The van der Waals surface area contributed by atoms with Gasteiger partial charge >= 0.3 is 6.09 Å². The van der Waals surface area contributed by atoms with Crippen molar-refractivity contribution in [3.63, 3.8) is 0 Å². The molecule has 2 aliphatic rings.